The minimum absolute atomic E-state index is 0.291. The first-order chi connectivity index (χ1) is 9.29. The van der Waals surface area contributed by atoms with Crippen molar-refractivity contribution in [2.24, 2.45) is 5.92 Å². The summed E-state index contributed by atoms with van der Waals surface area (Å²) in [7, 11) is 0. The fourth-order valence-corrected chi connectivity index (χ4v) is 3.31. The molecule has 0 aliphatic carbocycles. The summed E-state index contributed by atoms with van der Waals surface area (Å²) >= 11 is 1.66. The predicted octanol–water partition coefficient (Wildman–Crippen LogP) is 2.53. The normalized spacial score (nSPS) is 16.5. The number of rotatable bonds is 6. The fraction of sp³-hybridized carbons (Fsp3) is 0.667. The molecule has 0 aromatic carbocycles. The maximum absolute atomic E-state index is 12.4. The van der Waals surface area contributed by atoms with Crippen LogP contribution in [0, 0.1) is 5.92 Å². The van der Waals surface area contributed by atoms with Crippen LogP contribution in [-0.4, -0.2) is 37.0 Å². The van der Waals surface area contributed by atoms with Crippen molar-refractivity contribution >= 4 is 17.2 Å². The van der Waals surface area contributed by atoms with Gasteiger partial charge in [-0.3, -0.25) is 4.79 Å². The van der Waals surface area contributed by atoms with E-state index in [1.807, 2.05) is 5.38 Å². The first kappa shape index (κ1) is 14.5. The van der Waals surface area contributed by atoms with Crippen molar-refractivity contribution in [2.45, 2.75) is 32.6 Å². The SMILES string of the molecule is CCCN(CC1CCNCC1)C(=O)Cc1ccsc1. The molecule has 0 unspecified atom stereocenters. The Kier molecular flexibility index (Phi) is 5.86. The van der Waals surface area contributed by atoms with Gasteiger partial charge in [-0.05, 0) is 60.7 Å². The number of thiophene rings is 1. The van der Waals surface area contributed by atoms with E-state index in [1.165, 1.54) is 12.8 Å². The summed E-state index contributed by atoms with van der Waals surface area (Å²) in [5, 5.41) is 7.50. The molecule has 1 aromatic heterocycles. The van der Waals surface area contributed by atoms with Gasteiger partial charge < -0.3 is 10.2 Å². The van der Waals surface area contributed by atoms with E-state index in [-0.39, 0.29) is 0 Å². The van der Waals surface area contributed by atoms with E-state index in [0.29, 0.717) is 18.2 Å². The number of amides is 1. The smallest absolute Gasteiger partial charge is 0.227 e. The van der Waals surface area contributed by atoms with Gasteiger partial charge in [-0.25, -0.2) is 0 Å². The highest BCUT2D eigenvalue weighted by Gasteiger charge is 2.20. The van der Waals surface area contributed by atoms with Crippen LogP contribution >= 0.6 is 11.3 Å². The summed E-state index contributed by atoms with van der Waals surface area (Å²) in [6, 6.07) is 2.05. The summed E-state index contributed by atoms with van der Waals surface area (Å²) in [4.78, 5) is 14.5. The van der Waals surface area contributed by atoms with Crippen LogP contribution in [-0.2, 0) is 11.2 Å². The summed E-state index contributed by atoms with van der Waals surface area (Å²) < 4.78 is 0. The minimum Gasteiger partial charge on any atom is -0.342 e. The third-order valence-electron chi connectivity index (χ3n) is 3.72. The molecule has 1 saturated heterocycles. The maximum atomic E-state index is 12.4. The molecule has 106 valence electrons. The van der Waals surface area contributed by atoms with Gasteiger partial charge in [0.1, 0.15) is 0 Å². The van der Waals surface area contributed by atoms with Gasteiger partial charge in [0, 0.05) is 13.1 Å². The molecule has 3 nitrogen and oxygen atoms in total. The summed E-state index contributed by atoms with van der Waals surface area (Å²) in [6.07, 6.45) is 4.01. The molecule has 1 aromatic rings. The largest absolute Gasteiger partial charge is 0.342 e. The number of piperidine rings is 1. The average Bonchev–Trinajstić information content (AvgIpc) is 2.92. The molecule has 0 spiro atoms. The molecule has 0 saturated carbocycles. The van der Waals surface area contributed by atoms with Crippen molar-refractivity contribution in [3.05, 3.63) is 22.4 Å². The second-order valence-corrected chi connectivity index (χ2v) is 6.12. The van der Waals surface area contributed by atoms with Crippen molar-refractivity contribution in [2.75, 3.05) is 26.2 Å². The third kappa shape index (κ3) is 4.62. The lowest BCUT2D eigenvalue weighted by atomic mass is 9.97. The lowest BCUT2D eigenvalue weighted by Crippen LogP contribution is -2.40. The van der Waals surface area contributed by atoms with E-state index in [4.69, 9.17) is 0 Å². The molecule has 0 radical (unpaired) electrons. The fourth-order valence-electron chi connectivity index (χ4n) is 2.64. The van der Waals surface area contributed by atoms with E-state index in [9.17, 15) is 4.79 Å². The predicted molar refractivity (Wildman–Crippen MR) is 80.5 cm³/mol. The number of carbonyl (C=O) groups excluding carboxylic acids is 1. The van der Waals surface area contributed by atoms with Gasteiger partial charge in [0.2, 0.25) is 5.91 Å². The first-order valence-electron chi connectivity index (χ1n) is 7.29. The molecule has 2 rings (SSSR count). The van der Waals surface area contributed by atoms with Gasteiger partial charge in [0.05, 0.1) is 6.42 Å². The molecular formula is C15H24N2OS. The molecule has 1 aliphatic heterocycles. The van der Waals surface area contributed by atoms with Crippen molar-refractivity contribution in [1.29, 1.82) is 0 Å². The topological polar surface area (TPSA) is 32.3 Å². The van der Waals surface area contributed by atoms with Crippen molar-refractivity contribution < 1.29 is 4.79 Å². The third-order valence-corrected chi connectivity index (χ3v) is 4.45. The van der Waals surface area contributed by atoms with Crippen LogP contribution < -0.4 is 5.32 Å². The highest BCUT2D eigenvalue weighted by atomic mass is 32.1. The standard InChI is InChI=1S/C15H24N2OS/c1-2-8-17(11-13-3-6-16-7-4-13)15(18)10-14-5-9-19-12-14/h5,9,12-13,16H,2-4,6-8,10-11H2,1H3. The van der Waals surface area contributed by atoms with Crippen molar-refractivity contribution in [3.63, 3.8) is 0 Å². The van der Waals surface area contributed by atoms with Crippen molar-refractivity contribution in [1.82, 2.24) is 10.2 Å². The van der Waals surface area contributed by atoms with E-state index in [0.717, 1.165) is 38.2 Å². The van der Waals surface area contributed by atoms with Gasteiger partial charge in [-0.2, -0.15) is 11.3 Å². The van der Waals surface area contributed by atoms with Gasteiger partial charge in [0.25, 0.3) is 0 Å². The molecule has 1 fully saturated rings. The Morgan fingerprint density at radius 2 is 2.26 bits per heavy atom. The molecule has 0 atom stereocenters. The molecule has 4 heteroatoms. The van der Waals surface area contributed by atoms with Gasteiger partial charge in [-0.15, -0.1) is 0 Å². The highest BCUT2D eigenvalue weighted by molar-refractivity contribution is 7.07. The van der Waals surface area contributed by atoms with Gasteiger partial charge in [0.15, 0.2) is 0 Å². The lowest BCUT2D eigenvalue weighted by Gasteiger charge is -2.30. The Labute approximate surface area is 120 Å². The van der Waals surface area contributed by atoms with Gasteiger partial charge >= 0.3 is 0 Å². The van der Waals surface area contributed by atoms with Crippen LogP contribution in [0.2, 0.25) is 0 Å². The molecular weight excluding hydrogens is 256 g/mol. The first-order valence-corrected chi connectivity index (χ1v) is 8.23. The van der Waals surface area contributed by atoms with E-state index < -0.39 is 0 Å². The highest BCUT2D eigenvalue weighted by Crippen LogP contribution is 2.15. The van der Waals surface area contributed by atoms with E-state index in [2.05, 4.69) is 28.6 Å². The van der Waals surface area contributed by atoms with Crippen LogP contribution in [0.25, 0.3) is 0 Å². The van der Waals surface area contributed by atoms with Crippen LogP contribution in [0.5, 0.6) is 0 Å². The van der Waals surface area contributed by atoms with E-state index in [1.54, 1.807) is 11.3 Å². The maximum Gasteiger partial charge on any atom is 0.227 e. The molecule has 1 amide bonds. The zero-order valence-corrected chi connectivity index (χ0v) is 12.5. The Balaban J connectivity index is 1.88. The Morgan fingerprint density at radius 3 is 2.89 bits per heavy atom. The molecule has 1 N–H and O–H groups in total. The molecule has 19 heavy (non-hydrogen) atoms. The van der Waals surface area contributed by atoms with Crippen LogP contribution in [0.3, 0.4) is 0 Å². The quantitative estimate of drug-likeness (QED) is 0.868. The summed E-state index contributed by atoms with van der Waals surface area (Å²) in [6.45, 7) is 6.19. The van der Waals surface area contributed by atoms with E-state index >= 15 is 0 Å². The monoisotopic (exact) mass is 280 g/mol. The van der Waals surface area contributed by atoms with Crippen LogP contribution in [0.4, 0.5) is 0 Å². The zero-order valence-electron chi connectivity index (χ0n) is 11.7. The Hall–Kier alpha value is -0.870. The second kappa shape index (κ2) is 7.65. The van der Waals surface area contributed by atoms with Gasteiger partial charge in [-0.1, -0.05) is 6.92 Å². The second-order valence-electron chi connectivity index (χ2n) is 5.34. The Bertz CT molecular complexity index is 372. The Morgan fingerprint density at radius 1 is 1.47 bits per heavy atom. The number of hydrogen-bond donors (Lipinski definition) is 1. The molecule has 1 aliphatic rings. The zero-order chi connectivity index (χ0) is 13.5. The number of hydrogen-bond acceptors (Lipinski definition) is 3. The molecule has 2 heterocycles. The summed E-state index contributed by atoms with van der Waals surface area (Å²) in [5.74, 6) is 0.970. The van der Waals surface area contributed by atoms with Crippen molar-refractivity contribution in [3.8, 4) is 0 Å². The summed E-state index contributed by atoms with van der Waals surface area (Å²) in [5.41, 5.74) is 1.15. The van der Waals surface area contributed by atoms with Crippen LogP contribution in [0.1, 0.15) is 31.7 Å². The number of nitrogens with zero attached hydrogens (tertiary/aromatic N) is 1. The minimum atomic E-state index is 0.291. The number of carbonyl (C=O) groups is 1. The number of nitrogens with one attached hydrogen (secondary N) is 1. The molecule has 0 bridgehead atoms. The lowest BCUT2D eigenvalue weighted by molar-refractivity contribution is -0.131. The van der Waals surface area contributed by atoms with Crippen LogP contribution in [0.15, 0.2) is 16.8 Å². The average molecular weight is 280 g/mol.